The molecule has 40 heteroatoms. The number of carbonyl (C=O) groups excluding carboxylic acids is 8. The summed E-state index contributed by atoms with van der Waals surface area (Å²) in [5.74, 6) is 0.623. The van der Waals surface area contributed by atoms with Gasteiger partial charge in [-0.15, -0.1) is 45.3 Å². The van der Waals surface area contributed by atoms with Crippen LogP contribution in [-0.2, 0) is 0 Å². The van der Waals surface area contributed by atoms with E-state index in [1.165, 1.54) is 43.4 Å². The molecule has 8 amide bonds. The number of carbonyl (C=O) groups is 8. The molecular weight excluding hydrogens is 1940 g/mol. The highest BCUT2D eigenvalue weighted by molar-refractivity contribution is 7.18. The van der Waals surface area contributed by atoms with Gasteiger partial charge in [0.2, 0.25) is 0 Å². The Kier molecular flexibility index (Phi) is 36.9. The fourth-order valence-electron chi connectivity index (χ4n) is 18.6. The molecule has 8 fully saturated rings. The van der Waals surface area contributed by atoms with Gasteiger partial charge in [0.15, 0.2) is 20.0 Å². The number of aliphatic hydroxyl groups is 4. The number of nitrogens with one attached hydrogen (secondary N) is 8. The van der Waals surface area contributed by atoms with Crippen LogP contribution in [0.4, 0.5) is 40.8 Å². The molecule has 790 valence electrons. The van der Waals surface area contributed by atoms with Gasteiger partial charge in [-0.1, -0.05) is 44.9 Å². The van der Waals surface area contributed by atoms with E-state index in [-0.39, 0.29) is 137 Å². The molecule has 0 bridgehead atoms. The first-order valence-corrected chi connectivity index (χ1v) is 54.5. The SMILES string of the molecule is Cc1cc(NC2CCCCC2(C)F)ncc1-c1sc(C(=O)NCC(C)(C)O)nc1C(=O)N1CCC(F)CC1.Cc1cc(NC2CCCCC2(C)F)ncc1-c1sc(C(=O)NCC(C)(C)O)nc1C(=O)N1CCCC[C@@H]1C.Cc1cc(NC2CCCCC2)ncc1-c1sc(C(=O)NCC(C)(C)O)nc1C(=O)N1CC[C@@H]1C.Cc1cc(N[C@@H](C)C2CC2)ncc1-c1sc(C(=O)NCC(C)(C)O)nc1C(=O)N1CCC(F)CC1. The summed E-state index contributed by atoms with van der Waals surface area (Å²) in [5.41, 5.74) is 0.368. The normalized spacial score (nSPS) is 21.1. The van der Waals surface area contributed by atoms with Crippen LogP contribution in [0.15, 0.2) is 49.1 Å². The first kappa shape index (κ1) is 112. The number of anilines is 4. The zero-order valence-corrected chi connectivity index (χ0v) is 90.0. The van der Waals surface area contributed by atoms with E-state index in [0.29, 0.717) is 118 Å². The maximum Gasteiger partial charge on any atom is 0.280 e. The zero-order valence-electron chi connectivity index (χ0n) is 86.7. The minimum absolute atomic E-state index is 0.0175. The summed E-state index contributed by atoms with van der Waals surface area (Å²) in [7, 11) is 0. The van der Waals surface area contributed by atoms with E-state index < -0.39 is 69.7 Å². The van der Waals surface area contributed by atoms with E-state index in [4.69, 9.17) is 0 Å². The van der Waals surface area contributed by atoms with E-state index in [1.54, 1.807) is 109 Å². The Balaban J connectivity index is 0.000000162. The van der Waals surface area contributed by atoms with Crippen LogP contribution in [0.25, 0.3) is 41.8 Å². The minimum atomic E-state index is -1.32. The highest BCUT2D eigenvalue weighted by atomic mass is 32.1. The molecule has 8 aromatic heterocycles. The molecule has 12 N–H and O–H groups in total. The molecule has 16 rings (SSSR count). The lowest BCUT2D eigenvalue weighted by atomic mass is 9.83. The topological polar surface area (TPSA) is 430 Å². The lowest BCUT2D eigenvalue weighted by molar-refractivity contribution is 0.0495. The monoisotopic (exact) mass is 2080 g/mol. The van der Waals surface area contributed by atoms with Crippen molar-refractivity contribution in [2.75, 3.05) is 86.7 Å². The van der Waals surface area contributed by atoms with Gasteiger partial charge in [-0.25, -0.2) is 57.4 Å². The number of pyridine rings is 4. The van der Waals surface area contributed by atoms with Crippen molar-refractivity contribution in [2.24, 2.45) is 5.92 Å². The molecule has 0 radical (unpaired) electrons. The molecule has 12 heterocycles. The Bertz CT molecular complexity index is 5900. The van der Waals surface area contributed by atoms with Crippen LogP contribution in [0.2, 0.25) is 0 Å². The number of amides is 8. The van der Waals surface area contributed by atoms with Crippen molar-refractivity contribution in [2.45, 2.75) is 348 Å². The van der Waals surface area contributed by atoms with Gasteiger partial charge in [0, 0.05) is 137 Å². The van der Waals surface area contributed by atoms with Crippen LogP contribution in [0.5, 0.6) is 0 Å². The van der Waals surface area contributed by atoms with Crippen LogP contribution in [-0.4, -0.2) is 275 Å². The number of halogens is 4. The molecule has 4 saturated carbocycles. The summed E-state index contributed by atoms with van der Waals surface area (Å²) in [6, 6.07) is 8.06. The van der Waals surface area contributed by atoms with Gasteiger partial charge in [-0.05, 0) is 273 Å². The number of piperidine rings is 3. The van der Waals surface area contributed by atoms with Crippen molar-refractivity contribution in [1.82, 2.24) is 80.7 Å². The number of aryl methyl sites for hydroxylation is 4. The summed E-state index contributed by atoms with van der Waals surface area (Å²) in [6.07, 6.45) is 24.8. The van der Waals surface area contributed by atoms with Crippen molar-refractivity contribution in [3.8, 4) is 41.8 Å². The van der Waals surface area contributed by atoms with Gasteiger partial charge in [-0.2, -0.15) is 0 Å². The molecule has 7 atom stereocenters. The average Bonchev–Trinajstić information content (AvgIpc) is 1.66. The predicted molar refractivity (Wildman–Crippen MR) is 561 cm³/mol. The number of aromatic nitrogens is 8. The maximum absolute atomic E-state index is 15.0. The second-order valence-electron chi connectivity index (χ2n) is 43.4. The summed E-state index contributed by atoms with van der Waals surface area (Å²) in [4.78, 5) is 150. The summed E-state index contributed by atoms with van der Waals surface area (Å²) >= 11 is 4.54. The van der Waals surface area contributed by atoms with E-state index >= 15 is 8.78 Å². The highest BCUT2D eigenvalue weighted by Gasteiger charge is 2.43. The summed E-state index contributed by atoms with van der Waals surface area (Å²) in [5, 5.41) is 64.8. The fraction of sp³-hybridized carbons (Fsp3) is 0.619. The fourth-order valence-corrected chi connectivity index (χ4v) is 22.8. The zero-order chi connectivity index (χ0) is 105. The largest absolute Gasteiger partial charge is 0.389 e. The third-order valence-corrected chi connectivity index (χ3v) is 32.2. The lowest BCUT2D eigenvalue weighted by Crippen LogP contribution is -2.49. The summed E-state index contributed by atoms with van der Waals surface area (Å²) in [6.45, 7) is 32.8. The number of thiazole rings is 4. The van der Waals surface area contributed by atoms with Crippen LogP contribution >= 0.6 is 45.3 Å². The average molecular weight is 2080 g/mol. The Morgan fingerprint density at radius 2 is 0.697 bits per heavy atom. The second-order valence-corrected chi connectivity index (χ2v) is 47.4. The smallest absolute Gasteiger partial charge is 0.280 e. The van der Waals surface area contributed by atoms with Gasteiger partial charge in [-0.3, -0.25) is 38.4 Å². The van der Waals surface area contributed by atoms with Gasteiger partial charge in [0.25, 0.3) is 47.3 Å². The van der Waals surface area contributed by atoms with Crippen molar-refractivity contribution in [1.29, 1.82) is 0 Å². The van der Waals surface area contributed by atoms with Gasteiger partial charge >= 0.3 is 0 Å². The molecule has 4 saturated heterocycles. The Labute approximate surface area is 863 Å². The van der Waals surface area contributed by atoms with Crippen LogP contribution in [0.3, 0.4) is 0 Å². The van der Waals surface area contributed by atoms with Gasteiger partial charge in [0.1, 0.15) is 69.7 Å². The molecule has 4 unspecified atom stereocenters. The number of hydrogen-bond donors (Lipinski definition) is 12. The third-order valence-electron chi connectivity index (χ3n) is 27.9. The van der Waals surface area contributed by atoms with Crippen molar-refractivity contribution in [3.63, 3.8) is 0 Å². The molecule has 0 aromatic carbocycles. The molecular formula is C105H146F4N20O12S4. The van der Waals surface area contributed by atoms with Crippen LogP contribution in [0, 0.1) is 33.6 Å². The second kappa shape index (κ2) is 47.9. The van der Waals surface area contributed by atoms with Crippen LogP contribution < -0.4 is 42.5 Å². The lowest BCUT2D eigenvalue weighted by Gasteiger charge is -2.38. The summed E-state index contributed by atoms with van der Waals surface area (Å²) < 4.78 is 57.4. The minimum Gasteiger partial charge on any atom is -0.389 e. The van der Waals surface area contributed by atoms with Crippen molar-refractivity contribution >= 4 is 116 Å². The highest BCUT2D eigenvalue weighted by Crippen LogP contribution is 2.44. The van der Waals surface area contributed by atoms with Crippen molar-refractivity contribution in [3.05, 3.63) is 114 Å². The molecule has 32 nitrogen and oxygen atoms in total. The first-order valence-electron chi connectivity index (χ1n) is 51.2. The Morgan fingerprint density at radius 1 is 0.393 bits per heavy atom. The molecule has 8 aromatic rings. The number of rotatable bonds is 29. The molecule has 0 spiro atoms. The van der Waals surface area contributed by atoms with Crippen molar-refractivity contribution < 1.29 is 76.3 Å². The number of alkyl halides is 4. The molecule has 4 aliphatic carbocycles. The standard InChI is InChI=1S/C28H40FN5O3S.C27H37F2N5O3S.C25H34FN5O3S.C25H35N5O3S/c1-17-14-21(32-20-11-6-8-12-28(20,5)29)30-15-19(17)23-22(26(36)34-13-9-7-10-18(34)2)33-25(38-23)24(35)31-16-27(3,4)37;1-16-13-20(32-19-7-5-6-10-27(19,4)29)30-14-18(16)22-21(25(36)34-11-8-17(28)9-12-34)33-24(38-22)23(35)31-15-26(2,3)37;1-14-11-19(29-15(2)16-5-6-16)27-12-18(14)21-20(24(33)31-9-7-17(26)8-10-31)30-23(35-21)22(32)28-13-25(3,4)34;1-15-12-19(28-17-8-6-5-7-9-17)26-13-18(15)21-20(24(32)30-11-10-16(30)2)29-23(34-21)22(31)27-14-25(3,4)33/h14-15,18,20,37H,6-13,16H2,1-5H3,(H,30,32)(H,31,35);13-14,17,19,37H,5-12,15H2,1-4H3,(H,30,32)(H,31,35);11-12,15-17,34H,5-10,13H2,1-4H3,(H,27,29)(H,28,32);12-13,16-17,33H,5-11,14H2,1-4H3,(H,26,28)(H,27,31)/t18-,20?,28?;;15-;16-/m0.00/s1. The number of likely N-dealkylation sites (tertiary alicyclic amines) is 4. The Hall–Kier alpha value is -10.4. The molecule has 8 aliphatic rings. The third kappa shape index (κ3) is 30.3. The number of hydrogen-bond acceptors (Lipinski definition) is 28. The molecule has 4 aliphatic heterocycles. The van der Waals surface area contributed by atoms with E-state index in [9.17, 15) is 67.6 Å². The first-order chi connectivity index (χ1) is 68.3. The molecule has 145 heavy (non-hydrogen) atoms. The maximum atomic E-state index is 15.0. The van der Waals surface area contributed by atoms with E-state index in [1.807, 2.05) is 70.7 Å². The Morgan fingerprint density at radius 3 is 1.00 bits per heavy atom. The van der Waals surface area contributed by atoms with Crippen LogP contribution in [0.1, 0.15) is 341 Å². The van der Waals surface area contributed by atoms with Gasteiger partial charge in [0.05, 0.1) is 54.0 Å². The number of nitrogens with zero attached hydrogens (tertiary/aromatic N) is 12. The predicted octanol–water partition coefficient (Wildman–Crippen LogP) is 17.6. The van der Waals surface area contributed by atoms with E-state index in [0.717, 1.165) is 156 Å². The quantitative estimate of drug-likeness (QED) is 0.0194. The van der Waals surface area contributed by atoms with E-state index in [2.05, 4.69) is 89.3 Å². The van der Waals surface area contributed by atoms with Gasteiger partial charge < -0.3 is 82.6 Å².